The zero-order chi connectivity index (χ0) is 16.5. The van der Waals surface area contributed by atoms with Crippen molar-refractivity contribution in [3.63, 3.8) is 0 Å². The lowest BCUT2D eigenvalue weighted by Gasteiger charge is -2.19. The standard InChI is InChI=1S/C15H22F2N2O3/c1-10(5-4-8-20)18-15(21)19-11(2)12-6-3-7-13(9-12)22-14(16)17/h3,6-7,9-11,14,20H,4-5,8H2,1-2H3,(H2,18,19,21). The van der Waals surface area contributed by atoms with E-state index in [1.165, 1.54) is 12.1 Å². The van der Waals surface area contributed by atoms with Gasteiger partial charge < -0.3 is 20.5 Å². The fraction of sp³-hybridized carbons (Fsp3) is 0.533. The van der Waals surface area contributed by atoms with E-state index in [1.807, 2.05) is 6.92 Å². The molecule has 2 atom stereocenters. The maximum absolute atomic E-state index is 12.2. The SMILES string of the molecule is CC(CCCO)NC(=O)NC(C)c1cccc(OC(F)F)c1. The number of hydrogen-bond acceptors (Lipinski definition) is 3. The quantitative estimate of drug-likeness (QED) is 0.690. The van der Waals surface area contributed by atoms with Crippen LogP contribution in [-0.4, -0.2) is 30.4 Å². The first-order chi connectivity index (χ1) is 10.4. The largest absolute Gasteiger partial charge is 0.435 e. The lowest BCUT2D eigenvalue weighted by atomic mass is 10.1. The number of halogens is 2. The normalized spacial score (nSPS) is 13.5. The Kier molecular flexibility index (Phi) is 7.59. The third-order valence-electron chi connectivity index (χ3n) is 3.10. The lowest BCUT2D eigenvalue weighted by Crippen LogP contribution is -2.41. The van der Waals surface area contributed by atoms with Crippen LogP contribution in [0.4, 0.5) is 13.6 Å². The number of benzene rings is 1. The van der Waals surface area contributed by atoms with Gasteiger partial charge in [-0.3, -0.25) is 0 Å². The summed E-state index contributed by atoms with van der Waals surface area (Å²) in [6.07, 6.45) is 1.29. The second kappa shape index (κ2) is 9.19. The molecule has 5 nitrogen and oxygen atoms in total. The van der Waals surface area contributed by atoms with Crippen molar-refractivity contribution in [2.24, 2.45) is 0 Å². The number of carbonyl (C=O) groups excluding carboxylic acids is 1. The van der Waals surface area contributed by atoms with E-state index >= 15 is 0 Å². The summed E-state index contributed by atoms with van der Waals surface area (Å²) in [5.41, 5.74) is 0.663. The predicted molar refractivity (Wildman–Crippen MR) is 78.9 cm³/mol. The van der Waals surface area contributed by atoms with Gasteiger partial charge in [-0.15, -0.1) is 0 Å². The highest BCUT2D eigenvalue weighted by Gasteiger charge is 2.13. The van der Waals surface area contributed by atoms with Crippen molar-refractivity contribution in [3.8, 4) is 5.75 Å². The van der Waals surface area contributed by atoms with Crippen LogP contribution in [0.1, 0.15) is 38.3 Å². The highest BCUT2D eigenvalue weighted by Crippen LogP contribution is 2.20. The van der Waals surface area contributed by atoms with Gasteiger partial charge >= 0.3 is 12.6 Å². The van der Waals surface area contributed by atoms with E-state index in [2.05, 4.69) is 15.4 Å². The summed E-state index contributed by atoms with van der Waals surface area (Å²) in [5.74, 6) is 0.0536. The Morgan fingerprint density at radius 2 is 2.05 bits per heavy atom. The number of aliphatic hydroxyl groups is 1. The zero-order valence-corrected chi connectivity index (χ0v) is 12.7. The molecule has 2 unspecified atom stereocenters. The van der Waals surface area contributed by atoms with E-state index in [-0.39, 0.29) is 30.5 Å². The fourth-order valence-electron chi connectivity index (χ4n) is 1.98. The first kappa shape index (κ1) is 18.2. The van der Waals surface area contributed by atoms with E-state index in [9.17, 15) is 13.6 Å². The Hall–Kier alpha value is -1.89. The molecule has 0 saturated carbocycles. The molecule has 3 N–H and O–H groups in total. The minimum absolute atomic E-state index is 0.0536. The molecule has 0 heterocycles. The first-order valence-corrected chi connectivity index (χ1v) is 7.15. The maximum atomic E-state index is 12.2. The molecule has 0 radical (unpaired) electrons. The monoisotopic (exact) mass is 316 g/mol. The van der Waals surface area contributed by atoms with E-state index in [1.54, 1.807) is 19.1 Å². The average Bonchev–Trinajstić information content (AvgIpc) is 2.44. The van der Waals surface area contributed by atoms with Gasteiger partial charge in [-0.2, -0.15) is 8.78 Å². The lowest BCUT2D eigenvalue weighted by molar-refractivity contribution is -0.0499. The molecule has 0 spiro atoms. The van der Waals surface area contributed by atoms with Gasteiger partial charge in [-0.1, -0.05) is 12.1 Å². The van der Waals surface area contributed by atoms with Crippen LogP contribution in [0.15, 0.2) is 24.3 Å². The number of rotatable bonds is 8. The molecule has 1 aromatic carbocycles. The van der Waals surface area contributed by atoms with Gasteiger partial charge in [0.05, 0.1) is 6.04 Å². The summed E-state index contributed by atoms with van der Waals surface area (Å²) < 4.78 is 28.7. The Bertz CT molecular complexity index is 472. The fourth-order valence-corrected chi connectivity index (χ4v) is 1.98. The second-order valence-electron chi connectivity index (χ2n) is 5.06. The number of carbonyl (C=O) groups is 1. The molecule has 0 aliphatic carbocycles. The Morgan fingerprint density at radius 3 is 2.68 bits per heavy atom. The number of nitrogens with one attached hydrogen (secondary N) is 2. The molecule has 0 fully saturated rings. The Labute approximate surface area is 128 Å². The van der Waals surface area contributed by atoms with Crippen molar-refractivity contribution in [3.05, 3.63) is 29.8 Å². The predicted octanol–water partition coefficient (Wildman–Crippen LogP) is 2.81. The Balaban J connectivity index is 2.53. The molecule has 2 amide bonds. The van der Waals surface area contributed by atoms with Gasteiger partial charge in [-0.25, -0.2) is 4.79 Å². The van der Waals surface area contributed by atoms with Gasteiger partial charge in [0, 0.05) is 12.6 Å². The van der Waals surface area contributed by atoms with Crippen LogP contribution in [0.25, 0.3) is 0 Å². The van der Waals surface area contributed by atoms with Crippen molar-refractivity contribution in [1.82, 2.24) is 10.6 Å². The first-order valence-electron chi connectivity index (χ1n) is 7.15. The molecular formula is C15H22F2N2O3. The topological polar surface area (TPSA) is 70.6 Å². The van der Waals surface area contributed by atoms with Crippen LogP contribution < -0.4 is 15.4 Å². The van der Waals surface area contributed by atoms with Crippen LogP contribution in [-0.2, 0) is 0 Å². The minimum Gasteiger partial charge on any atom is -0.435 e. The van der Waals surface area contributed by atoms with Gasteiger partial charge in [-0.05, 0) is 44.4 Å². The molecule has 22 heavy (non-hydrogen) atoms. The summed E-state index contributed by atoms with van der Waals surface area (Å²) in [4.78, 5) is 11.8. The third kappa shape index (κ3) is 6.71. The maximum Gasteiger partial charge on any atom is 0.387 e. The van der Waals surface area contributed by atoms with Crippen LogP contribution in [0.5, 0.6) is 5.75 Å². The molecule has 0 aliphatic rings. The number of amides is 2. The van der Waals surface area contributed by atoms with Crippen LogP contribution in [0.2, 0.25) is 0 Å². The molecule has 0 saturated heterocycles. The van der Waals surface area contributed by atoms with Crippen molar-refractivity contribution in [2.75, 3.05) is 6.61 Å². The molecule has 1 aromatic rings. The van der Waals surface area contributed by atoms with Crippen LogP contribution in [0.3, 0.4) is 0 Å². The highest BCUT2D eigenvalue weighted by molar-refractivity contribution is 5.74. The summed E-state index contributed by atoms with van der Waals surface area (Å²) >= 11 is 0. The van der Waals surface area contributed by atoms with Gasteiger partial charge in [0.15, 0.2) is 0 Å². The minimum atomic E-state index is -2.88. The van der Waals surface area contributed by atoms with E-state index in [0.717, 1.165) is 0 Å². The molecule has 1 rings (SSSR count). The third-order valence-corrected chi connectivity index (χ3v) is 3.10. The van der Waals surface area contributed by atoms with Gasteiger partial charge in [0.1, 0.15) is 5.75 Å². The second-order valence-corrected chi connectivity index (χ2v) is 5.06. The summed E-state index contributed by atoms with van der Waals surface area (Å²) in [6, 6.07) is 5.44. The molecule has 0 aliphatic heterocycles. The van der Waals surface area contributed by atoms with E-state index in [0.29, 0.717) is 18.4 Å². The number of aliphatic hydroxyl groups excluding tert-OH is 1. The van der Waals surface area contributed by atoms with Crippen LogP contribution >= 0.6 is 0 Å². The highest BCUT2D eigenvalue weighted by atomic mass is 19.3. The summed E-state index contributed by atoms with van der Waals surface area (Å²) in [6.45, 7) is 0.798. The molecular weight excluding hydrogens is 294 g/mol. The van der Waals surface area contributed by atoms with Crippen molar-refractivity contribution in [2.45, 2.75) is 45.4 Å². The van der Waals surface area contributed by atoms with Crippen LogP contribution in [0, 0.1) is 0 Å². The molecule has 7 heteroatoms. The summed E-state index contributed by atoms with van der Waals surface area (Å²) in [7, 11) is 0. The number of urea groups is 1. The average molecular weight is 316 g/mol. The zero-order valence-electron chi connectivity index (χ0n) is 12.7. The van der Waals surface area contributed by atoms with E-state index in [4.69, 9.17) is 5.11 Å². The van der Waals surface area contributed by atoms with Gasteiger partial charge in [0.2, 0.25) is 0 Å². The number of hydrogen-bond donors (Lipinski definition) is 3. The number of ether oxygens (including phenoxy) is 1. The number of alkyl halides is 2. The summed E-state index contributed by atoms with van der Waals surface area (Å²) in [5, 5.41) is 14.2. The van der Waals surface area contributed by atoms with Crippen molar-refractivity contribution in [1.29, 1.82) is 0 Å². The van der Waals surface area contributed by atoms with Gasteiger partial charge in [0.25, 0.3) is 0 Å². The van der Waals surface area contributed by atoms with E-state index < -0.39 is 6.61 Å². The molecule has 0 aromatic heterocycles. The molecule has 0 bridgehead atoms. The smallest absolute Gasteiger partial charge is 0.387 e. The molecule has 124 valence electrons. The van der Waals surface area contributed by atoms with Crippen molar-refractivity contribution >= 4 is 6.03 Å². The Morgan fingerprint density at radius 1 is 1.32 bits per heavy atom. The van der Waals surface area contributed by atoms with Crippen molar-refractivity contribution < 1.29 is 23.4 Å².